The van der Waals surface area contributed by atoms with Crippen LogP contribution in [0.25, 0.3) is 0 Å². The lowest BCUT2D eigenvalue weighted by Crippen LogP contribution is -1.93. The minimum absolute atomic E-state index is 0.647. The Balaban J connectivity index is 2.23. The molecule has 0 bridgehead atoms. The van der Waals surface area contributed by atoms with Crippen LogP contribution >= 0.6 is 23.3 Å². The SMILES string of the molecule is CCc1nsc(Sc2cccc(OC)c2N)n1. The molecule has 4 nitrogen and oxygen atoms in total. The number of aromatic nitrogens is 2. The van der Waals surface area contributed by atoms with E-state index in [-0.39, 0.29) is 0 Å². The van der Waals surface area contributed by atoms with Gasteiger partial charge < -0.3 is 10.5 Å². The summed E-state index contributed by atoms with van der Waals surface area (Å²) in [6, 6.07) is 5.71. The highest BCUT2D eigenvalue weighted by Crippen LogP contribution is 2.37. The standard InChI is InChI=1S/C11H13N3OS2/c1-3-9-13-11(17-14-9)16-8-6-4-5-7(15-2)10(8)12/h4-6H,3,12H2,1-2H3. The maximum absolute atomic E-state index is 5.99. The number of methoxy groups -OCH3 is 1. The molecule has 0 aliphatic heterocycles. The summed E-state index contributed by atoms with van der Waals surface area (Å²) >= 11 is 2.92. The average Bonchev–Trinajstić information content (AvgIpc) is 2.79. The number of benzene rings is 1. The fourth-order valence-electron chi connectivity index (χ4n) is 1.31. The summed E-state index contributed by atoms with van der Waals surface area (Å²) in [5.41, 5.74) is 6.64. The molecule has 17 heavy (non-hydrogen) atoms. The van der Waals surface area contributed by atoms with Crippen LogP contribution in [0.1, 0.15) is 12.7 Å². The van der Waals surface area contributed by atoms with E-state index in [4.69, 9.17) is 10.5 Å². The Hall–Kier alpha value is -1.27. The van der Waals surface area contributed by atoms with Crippen LogP contribution in [0.2, 0.25) is 0 Å². The predicted molar refractivity (Wildman–Crippen MR) is 70.8 cm³/mol. The summed E-state index contributed by atoms with van der Waals surface area (Å²) in [6.45, 7) is 2.04. The van der Waals surface area contributed by atoms with Crippen LogP contribution in [0.5, 0.6) is 5.75 Å². The highest BCUT2D eigenvalue weighted by Gasteiger charge is 2.09. The zero-order valence-corrected chi connectivity index (χ0v) is 11.3. The fraction of sp³-hybridized carbons (Fsp3) is 0.273. The lowest BCUT2D eigenvalue weighted by Gasteiger charge is -2.07. The van der Waals surface area contributed by atoms with Crippen molar-refractivity contribution in [2.45, 2.75) is 22.6 Å². The Kier molecular flexibility index (Phi) is 3.86. The average molecular weight is 267 g/mol. The highest BCUT2D eigenvalue weighted by atomic mass is 32.2. The van der Waals surface area contributed by atoms with Gasteiger partial charge in [-0.2, -0.15) is 4.37 Å². The van der Waals surface area contributed by atoms with E-state index >= 15 is 0 Å². The Morgan fingerprint density at radius 2 is 2.29 bits per heavy atom. The first-order valence-electron chi connectivity index (χ1n) is 5.17. The van der Waals surface area contributed by atoms with Gasteiger partial charge in [0.15, 0.2) is 4.34 Å². The third-order valence-corrected chi connectivity index (χ3v) is 4.07. The summed E-state index contributed by atoms with van der Waals surface area (Å²) < 4.78 is 10.3. The van der Waals surface area contributed by atoms with Gasteiger partial charge in [-0.15, -0.1) is 0 Å². The van der Waals surface area contributed by atoms with Gasteiger partial charge >= 0.3 is 0 Å². The molecule has 0 amide bonds. The highest BCUT2D eigenvalue weighted by molar-refractivity contribution is 8.01. The molecule has 90 valence electrons. The summed E-state index contributed by atoms with van der Waals surface area (Å²) in [5, 5.41) is 0. The first kappa shape index (κ1) is 12.2. The summed E-state index contributed by atoms with van der Waals surface area (Å²) in [7, 11) is 1.61. The number of rotatable bonds is 4. The van der Waals surface area contributed by atoms with Crippen molar-refractivity contribution in [3.63, 3.8) is 0 Å². The van der Waals surface area contributed by atoms with Crippen molar-refractivity contribution < 1.29 is 4.74 Å². The van der Waals surface area contributed by atoms with Gasteiger partial charge in [-0.1, -0.05) is 24.8 Å². The van der Waals surface area contributed by atoms with Gasteiger partial charge in [0.05, 0.1) is 12.8 Å². The molecule has 2 aromatic rings. The maximum Gasteiger partial charge on any atom is 0.174 e. The quantitative estimate of drug-likeness (QED) is 0.863. The topological polar surface area (TPSA) is 61.0 Å². The molecule has 0 unspecified atom stereocenters. The molecule has 2 rings (SSSR count). The van der Waals surface area contributed by atoms with Crippen molar-refractivity contribution in [1.82, 2.24) is 9.36 Å². The Bertz CT molecular complexity index is 513. The van der Waals surface area contributed by atoms with E-state index in [1.54, 1.807) is 7.11 Å². The van der Waals surface area contributed by atoms with E-state index in [2.05, 4.69) is 9.36 Å². The molecule has 1 heterocycles. The number of nitrogens with two attached hydrogens (primary N) is 1. The van der Waals surface area contributed by atoms with Gasteiger partial charge in [-0.3, -0.25) is 0 Å². The molecule has 0 aliphatic carbocycles. The van der Waals surface area contributed by atoms with E-state index in [1.165, 1.54) is 23.3 Å². The third-order valence-electron chi connectivity index (χ3n) is 2.21. The molecular weight excluding hydrogens is 254 g/mol. The number of hydrogen-bond acceptors (Lipinski definition) is 6. The largest absolute Gasteiger partial charge is 0.495 e. The van der Waals surface area contributed by atoms with Crippen LogP contribution in [-0.4, -0.2) is 16.5 Å². The van der Waals surface area contributed by atoms with Crippen molar-refractivity contribution in [2.75, 3.05) is 12.8 Å². The molecule has 0 spiro atoms. The first-order valence-corrected chi connectivity index (χ1v) is 6.76. The van der Waals surface area contributed by atoms with Crippen molar-refractivity contribution in [3.8, 4) is 5.75 Å². The Morgan fingerprint density at radius 1 is 1.47 bits per heavy atom. The van der Waals surface area contributed by atoms with Crippen LogP contribution in [0.4, 0.5) is 5.69 Å². The monoisotopic (exact) mass is 267 g/mol. The van der Waals surface area contributed by atoms with Crippen LogP contribution in [0, 0.1) is 0 Å². The zero-order chi connectivity index (χ0) is 12.3. The fourth-order valence-corrected chi connectivity index (χ4v) is 3.03. The van der Waals surface area contributed by atoms with Gasteiger partial charge in [-0.05, 0) is 23.7 Å². The Labute approximate surface area is 108 Å². The van der Waals surface area contributed by atoms with Crippen LogP contribution < -0.4 is 10.5 Å². The molecule has 0 atom stereocenters. The van der Waals surface area contributed by atoms with Gasteiger partial charge in [0, 0.05) is 11.3 Å². The second-order valence-electron chi connectivity index (χ2n) is 3.30. The number of hydrogen-bond donors (Lipinski definition) is 1. The summed E-state index contributed by atoms with van der Waals surface area (Å²) in [6.07, 6.45) is 0.852. The number of aryl methyl sites for hydroxylation is 1. The first-order chi connectivity index (χ1) is 8.24. The van der Waals surface area contributed by atoms with E-state index < -0.39 is 0 Å². The van der Waals surface area contributed by atoms with Gasteiger partial charge in [0.1, 0.15) is 11.6 Å². The van der Waals surface area contributed by atoms with Gasteiger partial charge in [0.2, 0.25) is 0 Å². The molecular formula is C11H13N3OS2. The van der Waals surface area contributed by atoms with E-state index in [0.717, 1.165) is 21.5 Å². The number of ether oxygens (including phenoxy) is 1. The maximum atomic E-state index is 5.99. The molecule has 1 aromatic heterocycles. The van der Waals surface area contributed by atoms with Gasteiger partial charge in [0.25, 0.3) is 0 Å². The van der Waals surface area contributed by atoms with E-state index in [1.807, 2.05) is 25.1 Å². The predicted octanol–water partition coefficient (Wildman–Crippen LogP) is 2.84. The van der Waals surface area contributed by atoms with Crippen molar-refractivity contribution in [1.29, 1.82) is 0 Å². The van der Waals surface area contributed by atoms with Crippen molar-refractivity contribution in [2.24, 2.45) is 0 Å². The van der Waals surface area contributed by atoms with Crippen LogP contribution in [0.15, 0.2) is 27.4 Å². The minimum Gasteiger partial charge on any atom is -0.495 e. The summed E-state index contributed by atoms with van der Waals surface area (Å²) in [4.78, 5) is 5.34. The second-order valence-corrected chi connectivity index (χ2v) is 5.35. The number of nitrogens with zero attached hydrogens (tertiary/aromatic N) is 2. The molecule has 2 N–H and O–H groups in total. The lowest BCUT2D eigenvalue weighted by molar-refractivity contribution is 0.416. The minimum atomic E-state index is 0.647. The molecule has 6 heteroatoms. The summed E-state index contributed by atoms with van der Waals surface area (Å²) in [5.74, 6) is 1.56. The van der Waals surface area contributed by atoms with Crippen molar-refractivity contribution in [3.05, 3.63) is 24.0 Å². The zero-order valence-electron chi connectivity index (χ0n) is 9.64. The normalized spacial score (nSPS) is 10.5. The molecule has 0 fully saturated rings. The number of nitrogen functional groups attached to an aromatic ring is 1. The Morgan fingerprint density at radius 3 is 2.94 bits per heavy atom. The molecule has 0 saturated heterocycles. The number of anilines is 1. The lowest BCUT2D eigenvalue weighted by atomic mass is 10.3. The van der Waals surface area contributed by atoms with E-state index in [0.29, 0.717) is 11.4 Å². The second kappa shape index (κ2) is 5.37. The van der Waals surface area contributed by atoms with Crippen LogP contribution in [0.3, 0.4) is 0 Å². The molecule has 0 saturated carbocycles. The van der Waals surface area contributed by atoms with Gasteiger partial charge in [-0.25, -0.2) is 4.98 Å². The molecule has 0 aliphatic rings. The van der Waals surface area contributed by atoms with E-state index in [9.17, 15) is 0 Å². The molecule has 1 aromatic carbocycles. The van der Waals surface area contributed by atoms with Crippen molar-refractivity contribution >= 4 is 29.0 Å². The third kappa shape index (κ3) is 2.70. The van der Waals surface area contributed by atoms with Crippen LogP contribution in [-0.2, 0) is 6.42 Å². The smallest absolute Gasteiger partial charge is 0.174 e. The molecule has 0 radical (unpaired) electrons. The number of para-hydroxylation sites is 1.